The number of hydrogen-bond donors (Lipinski definition) is 0. The van der Waals surface area contributed by atoms with Gasteiger partial charge in [0.05, 0.1) is 12.0 Å². The van der Waals surface area contributed by atoms with Crippen molar-refractivity contribution in [1.29, 1.82) is 0 Å². The fraction of sp³-hybridized carbons (Fsp3) is 0.182. The molecule has 0 saturated heterocycles. The first kappa shape index (κ1) is 9.52. The predicted molar refractivity (Wildman–Crippen MR) is 55.7 cm³/mol. The minimum atomic E-state index is 0.653. The average Bonchev–Trinajstić information content (AvgIpc) is 2.55. The summed E-state index contributed by atoms with van der Waals surface area (Å²) in [4.78, 5) is 4.25. The van der Waals surface area contributed by atoms with Crippen LogP contribution in [0.5, 0.6) is 0 Å². The molecule has 2 nitrogen and oxygen atoms in total. The molecule has 1 aromatic heterocycles. The second-order valence-corrected chi connectivity index (χ2v) is 2.68. The summed E-state index contributed by atoms with van der Waals surface area (Å²) in [5.74, 6) is 0.712. The number of rotatable bonds is 3. The lowest BCUT2D eigenvalue weighted by Crippen LogP contribution is -1.85. The molecular formula is C11H13NO. The summed E-state index contributed by atoms with van der Waals surface area (Å²) in [5.41, 5.74) is 1.57. The van der Waals surface area contributed by atoms with Gasteiger partial charge in [-0.25, -0.2) is 0 Å². The molecule has 13 heavy (non-hydrogen) atoms. The van der Waals surface area contributed by atoms with Crippen LogP contribution in [0.3, 0.4) is 0 Å². The van der Waals surface area contributed by atoms with Gasteiger partial charge in [-0.3, -0.25) is 4.99 Å². The standard InChI is InChI=1S/C11H13NO/c1-4-6-9(2)12-10(3)11-7-5-8-13-11/h4-8H,3H2,1-2H3/b6-4-,12-9?. The van der Waals surface area contributed by atoms with Crippen molar-refractivity contribution in [2.24, 2.45) is 4.99 Å². The van der Waals surface area contributed by atoms with Gasteiger partial charge in [0.2, 0.25) is 0 Å². The van der Waals surface area contributed by atoms with E-state index in [0.29, 0.717) is 11.5 Å². The van der Waals surface area contributed by atoms with Gasteiger partial charge >= 0.3 is 0 Å². The van der Waals surface area contributed by atoms with Gasteiger partial charge < -0.3 is 4.42 Å². The van der Waals surface area contributed by atoms with Gasteiger partial charge in [0.15, 0.2) is 5.76 Å². The van der Waals surface area contributed by atoms with Crippen LogP contribution in [-0.4, -0.2) is 5.71 Å². The highest BCUT2D eigenvalue weighted by Gasteiger charge is 1.98. The first-order valence-corrected chi connectivity index (χ1v) is 4.15. The molecule has 1 heterocycles. The fourth-order valence-electron chi connectivity index (χ4n) is 0.989. The highest BCUT2D eigenvalue weighted by molar-refractivity contribution is 5.96. The number of nitrogens with zero attached hydrogens (tertiary/aromatic N) is 1. The number of furan rings is 1. The molecule has 68 valence electrons. The molecule has 0 saturated carbocycles. The molecule has 1 aromatic rings. The monoisotopic (exact) mass is 175 g/mol. The Bertz CT molecular complexity index is 331. The van der Waals surface area contributed by atoms with Gasteiger partial charge in [0, 0.05) is 5.71 Å². The normalized spacial score (nSPS) is 12.3. The smallest absolute Gasteiger partial charge is 0.151 e. The van der Waals surface area contributed by atoms with Gasteiger partial charge in [-0.15, -0.1) is 0 Å². The Labute approximate surface area is 78.3 Å². The van der Waals surface area contributed by atoms with Crippen LogP contribution in [0.25, 0.3) is 5.70 Å². The molecular weight excluding hydrogens is 162 g/mol. The Balaban J connectivity index is 2.76. The third kappa shape index (κ3) is 2.75. The lowest BCUT2D eigenvalue weighted by Gasteiger charge is -1.95. The summed E-state index contributed by atoms with van der Waals surface area (Å²) >= 11 is 0. The lowest BCUT2D eigenvalue weighted by atomic mass is 10.3. The van der Waals surface area contributed by atoms with Gasteiger partial charge in [-0.2, -0.15) is 0 Å². The van der Waals surface area contributed by atoms with Crippen LogP contribution in [-0.2, 0) is 0 Å². The SMILES string of the molecule is C=C(N=C(C)/C=C\C)c1ccco1. The average molecular weight is 175 g/mol. The van der Waals surface area contributed by atoms with E-state index in [-0.39, 0.29) is 0 Å². The maximum atomic E-state index is 5.14. The summed E-state index contributed by atoms with van der Waals surface area (Å²) in [6.07, 6.45) is 5.48. The fourth-order valence-corrected chi connectivity index (χ4v) is 0.989. The summed E-state index contributed by atoms with van der Waals surface area (Å²) in [5, 5.41) is 0. The number of aliphatic imine (C=N–C) groups is 1. The molecule has 2 heteroatoms. The third-order valence-electron chi connectivity index (χ3n) is 1.52. The van der Waals surface area contributed by atoms with Crippen molar-refractivity contribution in [3.8, 4) is 0 Å². The highest BCUT2D eigenvalue weighted by atomic mass is 16.3. The van der Waals surface area contributed by atoms with E-state index in [1.807, 2.05) is 38.1 Å². The third-order valence-corrected chi connectivity index (χ3v) is 1.52. The van der Waals surface area contributed by atoms with E-state index < -0.39 is 0 Å². The Morgan fingerprint density at radius 1 is 1.62 bits per heavy atom. The maximum Gasteiger partial charge on any atom is 0.151 e. The minimum absolute atomic E-state index is 0.653. The molecule has 0 aliphatic carbocycles. The van der Waals surface area contributed by atoms with Crippen LogP contribution >= 0.6 is 0 Å². The molecule has 0 spiro atoms. The van der Waals surface area contributed by atoms with Crippen molar-refractivity contribution in [2.75, 3.05) is 0 Å². The van der Waals surface area contributed by atoms with Crippen molar-refractivity contribution >= 4 is 11.4 Å². The van der Waals surface area contributed by atoms with Crippen LogP contribution in [0.1, 0.15) is 19.6 Å². The van der Waals surface area contributed by atoms with E-state index in [2.05, 4.69) is 11.6 Å². The Kier molecular flexibility index (Phi) is 3.26. The van der Waals surface area contributed by atoms with Crippen LogP contribution in [0.15, 0.2) is 46.5 Å². The second kappa shape index (κ2) is 4.45. The molecule has 0 bridgehead atoms. The Hall–Kier alpha value is -1.57. The second-order valence-electron chi connectivity index (χ2n) is 2.68. The van der Waals surface area contributed by atoms with Gasteiger partial charge in [0.25, 0.3) is 0 Å². The molecule has 0 aromatic carbocycles. The Morgan fingerprint density at radius 2 is 2.38 bits per heavy atom. The van der Waals surface area contributed by atoms with E-state index in [4.69, 9.17) is 4.42 Å². The number of hydrogen-bond acceptors (Lipinski definition) is 2. The summed E-state index contributed by atoms with van der Waals surface area (Å²) < 4.78 is 5.14. The van der Waals surface area contributed by atoms with Crippen molar-refractivity contribution < 1.29 is 4.42 Å². The van der Waals surface area contributed by atoms with Crippen molar-refractivity contribution in [3.05, 3.63) is 42.9 Å². The van der Waals surface area contributed by atoms with E-state index in [0.717, 1.165) is 5.71 Å². The molecule has 0 aliphatic rings. The largest absolute Gasteiger partial charge is 0.463 e. The molecule has 0 N–H and O–H groups in total. The maximum absolute atomic E-state index is 5.14. The minimum Gasteiger partial charge on any atom is -0.463 e. The van der Waals surface area contributed by atoms with E-state index >= 15 is 0 Å². The van der Waals surface area contributed by atoms with Crippen LogP contribution in [0.4, 0.5) is 0 Å². The van der Waals surface area contributed by atoms with Gasteiger partial charge in [-0.05, 0) is 32.1 Å². The zero-order chi connectivity index (χ0) is 9.68. The van der Waals surface area contributed by atoms with Crippen molar-refractivity contribution in [3.63, 3.8) is 0 Å². The Morgan fingerprint density at radius 3 is 2.92 bits per heavy atom. The first-order chi connectivity index (χ1) is 6.24. The van der Waals surface area contributed by atoms with Crippen LogP contribution < -0.4 is 0 Å². The van der Waals surface area contributed by atoms with Crippen LogP contribution in [0, 0.1) is 0 Å². The van der Waals surface area contributed by atoms with Crippen molar-refractivity contribution in [1.82, 2.24) is 0 Å². The molecule has 0 aliphatic heterocycles. The van der Waals surface area contributed by atoms with Crippen molar-refractivity contribution in [2.45, 2.75) is 13.8 Å². The van der Waals surface area contributed by atoms with E-state index in [9.17, 15) is 0 Å². The molecule has 0 fully saturated rings. The summed E-state index contributed by atoms with van der Waals surface area (Å²) in [6, 6.07) is 3.66. The molecule has 1 rings (SSSR count). The quantitative estimate of drug-likeness (QED) is 0.647. The zero-order valence-electron chi connectivity index (χ0n) is 7.95. The van der Waals surface area contributed by atoms with Gasteiger partial charge in [-0.1, -0.05) is 12.7 Å². The zero-order valence-corrected chi connectivity index (χ0v) is 7.95. The number of allylic oxidation sites excluding steroid dienone is 2. The summed E-state index contributed by atoms with van der Waals surface area (Å²) in [7, 11) is 0. The first-order valence-electron chi connectivity index (χ1n) is 4.15. The molecule has 0 amide bonds. The molecule has 0 radical (unpaired) electrons. The molecule has 0 unspecified atom stereocenters. The van der Waals surface area contributed by atoms with Gasteiger partial charge in [0.1, 0.15) is 0 Å². The lowest BCUT2D eigenvalue weighted by molar-refractivity contribution is 0.552. The predicted octanol–water partition coefficient (Wildman–Crippen LogP) is 3.29. The highest BCUT2D eigenvalue weighted by Crippen LogP contribution is 2.13. The van der Waals surface area contributed by atoms with E-state index in [1.165, 1.54) is 0 Å². The summed E-state index contributed by atoms with van der Waals surface area (Å²) in [6.45, 7) is 7.68. The van der Waals surface area contributed by atoms with Crippen LogP contribution in [0.2, 0.25) is 0 Å². The van der Waals surface area contributed by atoms with E-state index in [1.54, 1.807) is 6.26 Å². The molecule has 0 atom stereocenters. The topological polar surface area (TPSA) is 25.5 Å².